The zero-order valence-corrected chi connectivity index (χ0v) is 18.3. The van der Waals surface area contributed by atoms with Crippen LogP contribution in [0.4, 0.5) is 0 Å². The van der Waals surface area contributed by atoms with E-state index in [2.05, 4.69) is 10.4 Å². The van der Waals surface area contributed by atoms with Gasteiger partial charge in [-0.15, -0.1) is 0 Å². The molecule has 1 N–H and O–H groups in total. The number of aryl methyl sites for hydroxylation is 3. The van der Waals surface area contributed by atoms with Gasteiger partial charge in [-0.05, 0) is 62.2 Å². The van der Waals surface area contributed by atoms with E-state index in [-0.39, 0.29) is 31.2 Å². The Hall–Kier alpha value is -3.61. The van der Waals surface area contributed by atoms with Gasteiger partial charge in [0.2, 0.25) is 0 Å². The van der Waals surface area contributed by atoms with Crippen LogP contribution in [0.25, 0.3) is 11.3 Å². The number of carbonyl (C=O) groups is 1. The number of carbonyl (C=O) groups excluding carboxylic acids is 1. The molecule has 7 heteroatoms. The number of hydrogen-bond donors (Lipinski definition) is 1. The van der Waals surface area contributed by atoms with Crippen LogP contribution in [0, 0.1) is 20.8 Å². The summed E-state index contributed by atoms with van der Waals surface area (Å²) in [5.41, 5.74) is 4.46. The number of amides is 1. The van der Waals surface area contributed by atoms with Crippen molar-refractivity contribution >= 4 is 5.91 Å². The van der Waals surface area contributed by atoms with E-state index in [1.54, 1.807) is 13.2 Å². The summed E-state index contributed by atoms with van der Waals surface area (Å²) in [6.07, 6.45) is 0. The molecular formula is C24H27N3O4. The fourth-order valence-electron chi connectivity index (χ4n) is 3.41. The van der Waals surface area contributed by atoms with E-state index in [0.717, 1.165) is 33.8 Å². The Morgan fingerprint density at radius 2 is 1.71 bits per heavy atom. The number of ether oxygens (including phenoxy) is 2. The van der Waals surface area contributed by atoms with Crippen molar-refractivity contribution in [3.63, 3.8) is 0 Å². The highest BCUT2D eigenvalue weighted by Gasteiger charge is 2.09. The summed E-state index contributed by atoms with van der Waals surface area (Å²) in [6, 6.07) is 14.6. The van der Waals surface area contributed by atoms with E-state index in [0.29, 0.717) is 5.69 Å². The highest BCUT2D eigenvalue weighted by Crippen LogP contribution is 2.24. The Morgan fingerprint density at radius 1 is 1.03 bits per heavy atom. The van der Waals surface area contributed by atoms with Crippen LogP contribution in [0.15, 0.2) is 53.3 Å². The maximum Gasteiger partial charge on any atom is 0.266 e. The maximum absolute atomic E-state index is 12.2. The molecule has 0 saturated heterocycles. The summed E-state index contributed by atoms with van der Waals surface area (Å²) < 4.78 is 12.2. The first kappa shape index (κ1) is 22.1. The Morgan fingerprint density at radius 3 is 2.35 bits per heavy atom. The summed E-state index contributed by atoms with van der Waals surface area (Å²) in [5, 5.41) is 7.17. The Kier molecular flexibility index (Phi) is 7.07. The molecule has 0 unspecified atom stereocenters. The molecule has 162 valence electrons. The van der Waals surface area contributed by atoms with Gasteiger partial charge < -0.3 is 14.8 Å². The highest BCUT2D eigenvalue weighted by molar-refractivity contribution is 5.77. The number of nitrogens with one attached hydrogen (secondary N) is 1. The van der Waals surface area contributed by atoms with Crippen molar-refractivity contribution in [1.29, 1.82) is 0 Å². The van der Waals surface area contributed by atoms with Crippen LogP contribution in [-0.2, 0) is 11.3 Å². The minimum atomic E-state index is -0.251. The third-order valence-electron chi connectivity index (χ3n) is 4.85. The first-order valence-electron chi connectivity index (χ1n) is 10.1. The van der Waals surface area contributed by atoms with Crippen molar-refractivity contribution in [3.8, 4) is 22.8 Å². The van der Waals surface area contributed by atoms with Crippen LogP contribution < -0.4 is 20.3 Å². The lowest BCUT2D eigenvalue weighted by atomic mass is 10.1. The molecule has 2 aromatic carbocycles. The molecule has 0 saturated carbocycles. The molecule has 1 amide bonds. The standard InChI is InChI=1S/C24H27N3O4/c1-16-13-17(2)24(18(3)14-16)31-15-22(28)25-11-12-27-23(29)10-9-21(26-27)19-5-7-20(30-4)8-6-19/h5-10,13-14H,11-12,15H2,1-4H3,(H,25,28). The van der Waals surface area contributed by atoms with Gasteiger partial charge in [0.15, 0.2) is 6.61 Å². The van der Waals surface area contributed by atoms with Gasteiger partial charge in [-0.25, -0.2) is 4.68 Å². The summed E-state index contributed by atoms with van der Waals surface area (Å²) in [5.74, 6) is 1.22. The fourth-order valence-corrected chi connectivity index (χ4v) is 3.41. The van der Waals surface area contributed by atoms with Crippen LogP contribution in [0.5, 0.6) is 11.5 Å². The molecule has 7 nitrogen and oxygen atoms in total. The number of aromatic nitrogens is 2. The minimum Gasteiger partial charge on any atom is -0.497 e. The van der Waals surface area contributed by atoms with Crippen LogP contribution in [0.1, 0.15) is 16.7 Å². The first-order chi connectivity index (χ1) is 14.9. The molecule has 0 bridgehead atoms. The van der Waals surface area contributed by atoms with Crippen LogP contribution in [0.3, 0.4) is 0 Å². The predicted octanol–water partition coefficient (Wildman–Crippen LogP) is 3.04. The average molecular weight is 421 g/mol. The molecule has 3 aromatic rings. The lowest BCUT2D eigenvalue weighted by molar-refractivity contribution is -0.123. The Balaban J connectivity index is 1.56. The van der Waals surface area contributed by atoms with Gasteiger partial charge in [0.05, 0.1) is 19.3 Å². The molecule has 1 heterocycles. The zero-order valence-electron chi connectivity index (χ0n) is 18.3. The first-order valence-corrected chi connectivity index (χ1v) is 10.1. The van der Waals surface area contributed by atoms with E-state index in [1.165, 1.54) is 10.7 Å². The molecule has 1 aromatic heterocycles. The number of benzene rings is 2. The second kappa shape index (κ2) is 9.93. The largest absolute Gasteiger partial charge is 0.497 e. The van der Waals surface area contributed by atoms with Crippen molar-refractivity contribution in [3.05, 3.63) is 75.6 Å². The quantitative estimate of drug-likeness (QED) is 0.605. The summed E-state index contributed by atoms with van der Waals surface area (Å²) in [7, 11) is 1.61. The van der Waals surface area contributed by atoms with Crippen molar-refractivity contribution < 1.29 is 14.3 Å². The molecule has 3 rings (SSSR count). The second-order valence-electron chi connectivity index (χ2n) is 7.37. The van der Waals surface area contributed by atoms with Gasteiger partial charge in [0.1, 0.15) is 11.5 Å². The minimum absolute atomic E-state index is 0.0844. The van der Waals surface area contributed by atoms with Gasteiger partial charge in [-0.2, -0.15) is 5.10 Å². The summed E-state index contributed by atoms with van der Waals surface area (Å²) in [4.78, 5) is 24.3. The van der Waals surface area contributed by atoms with Crippen molar-refractivity contribution in [2.45, 2.75) is 27.3 Å². The van der Waals surface area contributed by atoms with E-state index in [4.69, 9.17) is 9.47 Å². The monoisotopic (exact) mass is 421 g/mol. The molecular weight excluding hydrogens is 394 g/mol. The number of nitrogens with zero attached hydrogens (tertiary/aromatic N) is 2. The SMILES string of the molecule is COc1ccc(-c2ccc(=O)n(CCNC(=O)COc3c(C)cc(C)cc3C)n2)cc1. The predicted molar refractivity (Wildman–Crippen MR) is 120 cm³/mol. The Labute approximate surface area is 181 Å². The number of hydrogen-bond acceptors (Lipinski definition) is 5. The smallest absolute Gasteiger partial charge is 0.266 e. The number of rotatable bonds is 8. The van der Waals surface area contributed by atoms with E-state index in [9.17, 15) is 9.59 Å². The van der Waals surface area contributed by atoms with Crippen LogP contribution >= 0.6 is 0 Å². The van der Waals surface area contributed by atoms with Gasteiger partial charge in [0.25, 0.3) is 11.5 Å². The van der Waals surface area contributed by atoms with E-state index >= 15 is 0 Å². The lowest BCUT2D eigenvalue weighted by Crippen LogP contribution is -2.34. The van der Waals surface area contributed by atoms with Crippen molar-refractivity contribution in [2.75, 3.05) is 20.3 Å². The summed E-state index contributed by atoms with van der Waals surface area (Å²) >= 11 is 0. The van der Waals surface area contributed by atoms with E-state index < -0.39 is 0 Å². The van der Waals surface area contributed by atoms with Crippen molar-refractivity contribution in [1.82, 2.24) is 15.1 Å². The second-order valence-corrected chi connectivity index (χ2v) is 7.37. The topological polar surface area (TPSA) is 82.5 Å². The molecule has 0 fully saturated rings. The molecule has 0 spiro atoms. The fraction of sp³-hybridized carbons (Fsp3) is 0.292. The molecule has 0 aliphatic heterocycles. The highest BCUT2D eigenvalue weighted by atomic mass is 16.5. The molecule has 0 aliphatic rings. The zero-order chi connectivity index (χ0) is 22.4. The van der Waals surface area contributed by atoms with Gasteiger partial charge in [-0.1, -0.05) is 17.7 Å². The lowest BCUT2D eigenvalue weighted by Gasteiger charge is -2.13. The molecule has 0 radical (unpaired) electrons. The van der Waals surface area contributed by atoms with Crippen LogP contribution in [0.2, 0.25) is 0 Å². The molecule has 31 heavy (non-hydrogen) atoms. The summed E-state index contributed by atoms with van der Waals surface area (Å²) in [6.45, 7) is 6.39. The molecule has 0 aliphatic carbocycles. The van der Waals surface area contributed by atoms with Gasteiger partial charge in [-0.3, -0.25) is 9.59 Å². The number of methoxy groups -OCH3 is 1. The maximum atomic E-state index is 12.2. The molecule has 0 atom stereocenters. The van der Waals surface area contributed by atoms with Crippen LogP contribution in [-0.4, -0.2) is 35.9 Å². The average Bonchev–Trinajstić information content (AvgIpc) is 2.74. The van der Waals surface area contributed by atoms with Gasteiger partial charge in [0, 0.05) is 18.2 Å². The van der Waals surface area contributed by atoms with Crippen molar-refractivity contribution in [2.24, 2.45) is 0 Å². The Bertz CT molecular complexity index is 1100. The third-order valence-corrected chi connectivity index (χ3v) is 4.85. The third kappa shape index (κ3) is 5.72. The normalized spacial score (nSPS) is 10.6. The van der Waals surface area contributed by atoms with E-state index in [1.807, 2.05) is 57.2 Å². The van der Waals surface area contributed by atoms with Gasteiger partial charge >= 0.3 is 0 Å².